The molecule has 0 radical (unpaired) electrons. The minimum Gasteiger partial charge on any atom is -0.397 e. The second-order valence-electron chi connectivity index (χ2n) is 6.19. The van der Waals surface area contributed by atoms with Gasteiger partial charge in [0.25, 0.3) is 0 Å². The predicted octanol–water partition coefficient (Wildman–Crippen LogP) is 1.85. The molecule has 5 nitrogen and oxygen atoms in total. The number of sulfonamides is 1. The van der Waals surface area contributed by atoms with Gasteiger partial charge in [-0.25, -0.2) is 13.1 Å². The zero-order valence-electron chi connectivity index (χ0n) is 13.0. The summed E-state index contributed by atoms with van der Waals surface area (Å²) in [5.41, 5.74) is 7.60. The van der Waals surface area contributed by atoms with Gasteiger partial charge in [0.1, 0.15) is 0 Å². The van der Waals surface area contributed by atoms with E-state index in [4.69, 9.17) is 5.73 Å². The van der Waals surface area contributed by atoms with Crippen LogP contribution in [0.3, 0.4) is 0 Å². The van der Waals surface area contributed by atoms with Gasteiger partial charge in [-0.05, 0) is 43.4 Å². The first kappa shape index (κ1) is 16.1. The molecule has 0 spiro atoms. The van der Waals surface area contributed by atoms with E-state index in [2.05, 4.69) is 10.0 Å². The van der Waals surface area contributed by atoms with Crippen molar-refractivity contribution < 1.29 is 8.42 Å². The number of nitrogens with one attached hydrogen (secondary N) is 2. The van der Waals surface area contributed by atoms with Crippen LogP contribution in [0.15, 0.2) is 58.8 Å². The van der Waals surface area contributed by atoms with Crippen LogP contribution in [0.25, 0.3) is 0 Å². The third-order valence-electron chi connectivity index (χ3n) is 4.43. The first-order valence-corrected chi connectivity index (χ1v) is 9.52. The molecule has 0 heterocycles. The number of rotatable bonds is 6. The second kappa shape index (κ2) is 6.76. The summed E-state index contributed by atoms with van der Waals surface area (Å²) < 4.78 is 27.4. The maximum absolute atomic E-state index is 12.3. The number of benzene rings is 1. The zero-order chi connectivity index (χ0) is 16.3. The molecule has 1 aromatic rings. The molecule has 1 atom stereocenters. The second-order valence-corrected chi connectivity index (χ2v) is 7.91. The Kier molecular flexibility index (Phi) is 4.73. The Morgan fingerprint density at radius 1 is 1.17 bits per heavy atom. The lowest BCUT2D eigenvalue weighted by atomic mass is 9.85. The van der Waals surface area contributed by atoms with E-state index in [1.165, 1.54) is 19.3 Å². The van der Waals surface area contributed by atoms with Crippen molar-refractivity contribution in [2.24, 2.45) is 11.7 Å². The predicted molar refractivity (Wildman–Crippen MR) is 90.9 cm³/mol. The molecule has 23 heavy (non-hydrogen) atoms. The Bertz CT molecular complexity index is 707. The molecule has 1 saturated carbocycles. The van der Waals surface area contributed by atoms with Crippen molar-refractivity contribution in [2.75, 3.05) is 6.54 Å². The molecular formula is C17H23N3O2S. The summed E-state index contributed by atoms with van der Waals surface area (Å²) in [5, 5.41) is 3.38. The van der Waals surface area contributed by atoms with Gasteiger partial charge in [-0.1, -0.05) is 30.7 Å². The quantitative estimate of drug-likeness (QED) is 0.742. The number of hydrogen-bond donors (Lipinski definition) is 3. The van der Waals surface area contributed by atoms with Crippen LogP contribution in [0.1, 0.15) is 25.7 Å². The van der Waals surface area contributed by atoms with E-state index in [1.54, 1.807) is 36.4 Å². The molecule has 3 rings (SSSR count). The van der Waals surface area contributed by atoms with E-state index in [9.17, 15) is 8.42 Å². The van der Waals surface area contributed by atoms with Crippen LogP contribution in [-0.2, 0) is 10.0 Å². The van der Waals surface area contributed by atoms with Crippen LogP contribution in [0.5, 0.6) is 0 Å². The molecule has 6 heteroatoms. The van der Waals surface area contributed by atoms with E-state index in [-0.39, 0.29) is 10.9 Å². The van der Waals surface area contributed by atoms with Crippen LogP contribution in [0.2, 0.25) is 0 Å². The summed E-state index contributed by atoms with van der Waals surface area (Å²) in [6.45, 7) is 0.945. The number of nitrogens with two attached hydrogens (primary N) is 1. The van der Waals surface area contributed by atoms with Gasteiger partial charge in [0.2, 0.25) is 10.0 Å². The molecule has 1 aromatic carbocycles. The molecule has 0 saturated heterocycles. The molecule has 0 amide bonds. The highest BCUT2D eigenvalue weighted by atomic mass is 32.2. The van der Waals surface area contributed by atoms with Gasteiger partial charge in [0.15, 0.2) is 0 Å². The average molecular weight is 333 g/mol. The number of hydrogen-bond acceptors (Lipinski definition) is 4. The van der Waals surface area contributed by atoms with Gasteiger partial charge < -0.3 is 11.1 Å². The smallest absolute Gasteiger partial charge is 0.241 e. The van der Waals surface area contributed by atoms with Crippen molar-refractivity contribution in [2.45, 2.75) is 36.6 Å². The summed E-state index contributed by atoms with van der Waals surface area (Å²) >= 11 is 0. The Hall–Kier alpha value is -1.79. The Morgan fingerprint density at radius 3 is 2.52 bits per heavy atom. The highest BCUT2D eigenvalue weighted by Gasteiger charge is 2.22. The fourth-order valence-corrected chi connectivity index (χ4v) is 4.03. The van der Waals surface area contributed by atoms with E-state index >= 15 is 0 Å². The van der Waals surface area contributed by atoms with Crippen LogP contribution in [-0.4, -0.2) is 21.0 Å². The Morgan fingerprint density at radius 2 is 1.91 bits per heavy atom. The summed E-state index contributed by atoms with van der Waals surface area (Å²) in [6.07, 6.45) is 8.24. The van der Waals surface area contributed by atoms with Gasteiger partial charge in [0, 0.05) is 12.6 Å². The van der Waals surface area contributed by atoms with Crippen molar-refractivity contribution >= 4 is 10.0 Å². The molecule has 4 N–H and O–H groups in total. The minimum absolute atomic E-state index is 0.268. The monoisotopic (exact) mass is 333 g/mol. The van der Waals surface area contributed by atoms with Gasteiger partial charge in [-0.3, -0.25) is 0 Å². The highest BCUT2D eigenvalue weighted by molar-refractivity contribution is 7.89. The molecule has 2 aliphatic carbocycles. The van der Waals surface area contributed by atoms with Gasteiger partial charge >= 0.3 is 0 Å². The van der Waals surface area contributed by atoms with Crippen molar-refractivity contribution in [3.63, 3.8) is 0 Å². The third kappa shape index (κ3) is 3.95. The molecule has 1 fully saturated rings. The van der Waals surface area contributed by atoms with E-state index < -0.39 is 10.0 Å². The van der Waals surface area contributed by atoms with Gasteiger partial charge in [-0.2, -0.15) is 0 Å². The van der Waals surface area contributed by atoms with Crippen molar-refractivity contribution in [3.8, 4) is 0 Å². The maximum atomic E-state index is 12.3. The molecule has 0 bridgehead atoms. The van der Waals surface area contributed by atoms with E-state index in [0.717, 1.165) is 18.2 Å². The molecule has 1 unspecified atom stereocenters. The van der Waals surface area contributed by atoms with Crippen LogP contribution in [0, 0.1) is 5.92 Å². The lowest BCUT2D eigenvalue weighted by Gasteiger charge is -2.28. The van der Waals surface area contributed by atoms with Gasteiger partial charge in [0.05, 0.1) is 16.3 Å². The summed E-state index contributed by atoms with van der Waals surface area (Å²) in [7, 11) is -3.52. The van der Waals surface area contributed by atoms with E-state index in [1.807, 2.05) is 6.08 Å². The fourth-order valence-electron chi connectivity index (χ4n) is 2.81. The molecular weight excluding hydrogens is 310 g/mol. The lowest BCUT2D eigenvalue weighted by molar-refractivity contribution is 0.310. The summed E-state index contributed by atoms with van der Waals surface area (Å²) in [5.74, 6) is 0.748. The highest BCUT2D eigenvalue weighted by Crippen LogP contribution is 2.26. The van der Waals surface area contributed by atoms with Crippen molar-refractivity contribution in [3.05, 3.63) is 53.9 Å². The summed E-state index contributed by atoms with van der Waals surface area (Å²) in [4.78, 5) is 0.268. The van der Waals surface area contributed by atoms with Crippen molar-refractivity contribution in [1.29, 1.82) is 0 Å². The standard InChI is InChI=1S/C17H23N3O2S/c18-16-11-14(9-10-17(16)19-12-13-5-4-6-13)20-23(21,22)15-7-2-1-3-8-15/h1-3,7-8,10-11,13-14,19-20H,4-6,9,12,18H2. The molecule has 124 valence electrons. The summed E-state index contributed by atoms with van der Waals surface area (Å²) in [6, 6.07) is 8.07. The zero-order valence-corrected chi connectivity index (χ0v) is 13.9. The first-order chi connectivity index (χ1) is 11.0. The van der Waals surface area contributed by atoms with Crippen LogP contribution in [0.4, 0.5) is 0 Å². The van der Waals surface area contributed by atoms with E-state index in [0.29, 0.717) is 12.1 Å². The van der Waals surface area contributed by atoms with Crippen molar-refractivity contribution in [1.82, 2.24) is 10.0 Å². The third-order valence-corrected chi connectivity index (χ3v) is 5.94. The van der Waals surface area contributed by atoms with Crippen LogP contribution < -0.4 is 15.8 Å². The Labute approximate surface area is 137 Å². The Balaban J connectivity index is 1.60. The normalized spacial score (nSPS) is 22.0. The fraction of sp³-hybridized carbons (Fsp3) is 0.412. The molecule has 0 aliphatic heterocycles. The van der Waals surface area contributed by atoms with Crippen LogP contribution >= 0.6 is 0 Å². The van der Waals surface area contributed by atoms with Gasteiger partial charge in [-0.15, -0.1) is 0 Å². The maximum Gasteiger partial charge on any atom is 0.241 e. The topological polar surface area (TPSA) is 84.2 Å². The molecule has 0 aromatic heterocycles. The largest absolute Gasteiger partial charge is 0.397 e. The average Bonchev–Trinajstić information content (AvgIpc) is 2.48. The lowest BCUT2D eigenvalue weighted by Crippen LogP contribution is -2.37. The first-order valence-electron chi connectivity index (χ1n) is 8.04. The SMILES string of the molecule is NC1=CC(NS(=O)(=O)c2ccccc2)CC=C1NCC1CCC1. The molecule has 2 aliphatic rings. The minimum atomic E-state index is -3.52.